The molecule has 25 heavy (non-hydrogen) atoms. The molecular weight excluding hydrogens is 323 g/mol. The first kappa shape index (κ1) is 16.6. The maximum absolute atomic E-state index is 14.2. The summed E-state index contributed by atoms with van der Waals surface area (Å²) in [5.74, 6) is 1.69. The van der Waals surface area contributed by atoms with Gasteiger partial charge in [0.15, 0.2) is 12.6 Å². The van der Waals surface area contributed by atoms with Gasteiger partial charge >= 0.3 is 0 Å². The van der Waals surface area contributed by atoms with Crippen LogP contribution in [0.25, 0.3) is 0 Å². The summed E-state index contributed by atoms with van der Waals surface area (Å²) in [6.45, 7) is 0.167. The van der Waals surface area contributed by atoms with Crippen LogP contribution in [0.3, 0.4) is 0 Å². The van der Waals surface area contributed by atoms with Crippen molar-refractivity contribution in [1.29, 1.82) is 0 Å². The molecule has 2 aliphatic carbocycles. The van der Waals surface area contributed by atoms with E-state index in [-0.39, 0.29) is 24.3 Å². The highest BCUT2D eigenvalue weighted by atomic mass is 19.1. The minimum atomic E-state index is -0.583. The SMILES string of the molecule is COc1ccc(CC[C@]23C[C@H](CC4CC4)C(=O)C=C2OCO3)c(F)c1. The van der Waals surface area contributed by atoms with Gasteiger partial charge in [0.05, 0.1) is 7.11 Å². The molecule has 3 aliphatic rings. The van der Waals surface area contributed by atoms with E-state index in [1.165, 1.54) is 26.0 Å². The number of halogens is 1. The molecule has 4 rings (SSSR count). The normalized spacial score (nSPS) is 28.3. The van der Waals surface area contributed by atoms with E-state index < -0.39 is 5.60 Å². The van der Waals surface area contributed by atoms with Crippen LogP contribution >= 0.6 is 0 Å². The molecule has 0 aromatic heterocycles. The molecule has 1 saturated carbocycles. The minimum Gasteiger partial charge on any atom is -0.497 e. The molecule has 0 N–H and O–H groups in total. The lowest BCUT2D eigenvalue weighted by atomic mass is 9.76. The fraction of sp³-hybridized carbons (Fsp3) is 0.550. The molecule has 2 fully saturated rings. The minimum absolute atomic E-state index is 0.00124. The number of aryl methyl sites for hydroxylation is 1. The number of hydrogen-bond acceptors (Lipinski definition) is 4. The van der Waals surface area contributed by atoms with Crippen molar-refractivity contribution in [1.82, 2.24) is 0 Å². The summed E-state index contributed by atoms with van der Waals surface area (Å²) in [4.78, 5) is 12.4. The van der Waals surface area contributed by atoms with Gasteiger partial charge in [0.1, 0.15) is 22.9 Å². The topological polar surface area (TPSA) is 44.8 Å². The third-order valence-corrected chi connectivity index (χ3v) is 5.62. The number of ether oxygens (including phenoxy) is 3. The lowest BCUT2D eigenvalue weighted by molar-refractivity contribution is -0.122. The standard InChI is InChI=1S/C20H23FO4/c1-23-16-5-4-14(17(21)9-16)6-7-20-11-15(8-13-2-3-13)18(22)10-19(20)24-12-25-20/h4-5,9-10,13,15H,2-3,6-8,11-12H2,1H3/t15-,20-/m0/s1. The van der Waals surface area contributed by atoms with E-state index in [4.69, 9.17) is 14.2 Å². The molecule has 1 aromatic carbocycles. The third-order valence-electron chi connectivity index (χ3n) is 5.62. The van der Waals surface area contributed by atoms with Gasteiger partial charge in [-0.3, -0.25) is 4.79 Å². The Labute approximate surface area is 147 Å². The van der Waals surface area contributed by atoms with Crippen LogP contribution in [0.4, 0.5) is 4.39 Å². The van der Waals surface area contributed by atoms with Crippen LogP contribution in [0.5, 0.6) is 5.75 Å². The third kappa shape index (κ3) is 3.30. The maximum Gasteiger partial charge on any atom is 0.189 e. The van der Waals surface area contributed by atoms with E-state index in [0.29, 0.717) is 42.3 Å². The predicted molar refractivity (Wildman–Crippen MR) is 89.6 cm³/mol. The van der Waals surface area contributed by atoms with Gasteiger partial charge in [-0.25, -0.2) is 4.39 Å². The Hall–Kier alpha value is -1.88. The van der Waals surface area contributed by atoms with Gasteiger partial charge < -0.3 is 14.2 Å². The van der Waals surface area contributed by atoms with E-state index in [9.17, 15) is 9.18 Å². The lowest BCUT2D eigenvalue weighted by Crippen LogP contribution is -2.39. The summed E-state index contributed by atoms with van der Waals surface area (Å²) < 4.78 is 30.8. The zero-order valence-electron chi connectivity index (χ0n) is 14.4. The molecule has 0 spiro atoms. The van der Waals surface area contributed by atoms with Gasteiger partial charge in [-0.2, -0.15) is 0 Å². The maximum atomic E-state index is 14.2. The van der Waals surface area contributed by atoms with Gasteiger partial charge in [-0.15, -0.1) is 0 Å². The van der Waals surface area contributed by atoms with Crippen LogP contribution in [-0.2, 0) is 20.7 Å². The number of ketones is 1. The van der Waals surface area contributed by atoms with Crippen molar-refractivity contribution in [3.8, 4) is 5.75 Å². The summed E-state index contributed by atoms with van der Waals surface area (Å²) in [5.41, 5.74) is 0.0421. The highest BCUT2D eigenvalue weighted by Crippen LogP contribution is 2.46. The van der Waals surface area contributed by atoms with Crippen molar-refractivity contribution in [3.63, 3.8) is 0 Å². The summed E-state index contributed by atoms with van der Waals surface area (Å²) >= 11 is 0. The van der Waals surface area contributed by atoms with E-state index in [1.807, 2.05) is 0 Å². The highest BCUT2D eigenvalue weighted by Gasteiger charge is 2.49. The number of hydrogen-bond donors (Lipinski definition) is 0. The largest absolute Gasteiger partial charge is 0.497 e. The van der Waals surface area contributed by atoms with Crippen LogP contribution in [0.15, 0.2) is 30.0 Å². The molecule has 4 nitrogen and oxygen atoms in total. The molecule has 0 amide bonds. The van der Waals surface area contributed by atoms with E-state index in [2.05, 4.69) is 0 Å². The highest BCUT2D eigenvalue weighted by molar-refractivity contribution is 5.93. The van der Waals surface area contributed by atoms with E-state index in [1.54, 1.807) is 18.2 Å². The van der Waals surface area contributed by atoms with Crippen molar-refractivity contribution >= 4 is 5.78 Å². The van der Waals surface area contributed by atoms with Crippen LogP contribution in [0.1, 0.15) is 37.7 Å². The summed E-state index contributed by atoms with van der Waals surface area (Å²) in [7, 11) is 1.52. The van der Waals surface area contributed by atoms with Crippen molar-refractivity contribution in [2.24, 2.45) is 11.8 Å². The van der Waals surface area contributed by atoms with Gasteiger partial charge in [-0.1, -0.05) is 18.9 Å². The number of fused-ring (bicyclic) bond motifs is 1. The Balaban J connectivity index is 1.51. The summed E-state index contributed by atoms with van der Waals surface area (Å²) in [6.07, 6.45) is 6.78. The van der Waals surface area contributed by atoms with E-state index in [0.717, 1.165) is 6.42 Å². The summed E-state index contributed by atoms with van der Waals surface area (Å²) in [5, 5.41) is 0. The second-order valence-electron chi connectivity index (χ2n) is 7.35. The number of carbonyl (C=O) groups excluding carboxylic acids is 1. The molecule has 0 unspecified atom stereocenters. The second kappa shape index (κ2) is 6.45. The van der Waals surface area contributed by atoms with Crippen molar-refractivity contribution in [3.05, 3.63) is 41.4 Å². The quantitative estimate of drug-likeness (QED) is 0.786. The zero-order chi connectivity index (χ0) is 17.4. The molecule has 2 atom stereocenters. The Morgan fingerprint density at radius 1 is 1.36 bits per heavy atom. The molecule has 134 valence electrons. The van der Waals surface area contributed by atoms with Crippen LogP contribution in [-0.4, -0.2) is 25.3 Å². The predicted octanol–water partition coefficient (Wildman–Crippen LogP) is 3.78. The molecule has 1 saturated heterocycles. The molecule has 0 radical (unpaired) electrons. The molecule has 0 bridgehead atoms. The van der Waals surface area contributed by atoms with Gasteiger partial charge in [0, 0.05) is 18.1 Å². The van der Waals surface area contributed by atoms with Crippen molar-refractivity contribution in [2.45, 2.75) is 44.1 Å². The first-order valence-corrected chi connectivity index (χ1v) is 8.95. The van der Waals surface area contributed by atoms with Crippen molar-refractivity contribution < 1.29 is 23.4 Å². The first-order valence-electron chi connectivity index (χ1n) is 8.95. The zero-order valence-corrected chi connectivity index (χ0v) is 14.4. The molecule has 1 aliphatic heterocycles. The van der Waals surface area contributed by atoms with Crippen LogP contribution in [0.2, 0.25) is 0 Å². The van der Waals surface area contributed by atoms with Crippen molar-refractivity contribution in [2.75, 3.05) is 13.9 Å². The smallest absolute Gasteiger partial charge is 0.189 e. The monoisotopic (exact) mass is 346 g/mol. The Kier molecular flexibility index (Phi) is 4.28. The number of methoxy groups -OCH3 is 1. The average Bonchev–Trinajstić information content (AvgIpc) is 3.33. The molecular formula is C20H23FO4. The fourth-order valence-corrected chi connectivity index (χ4v) is 3.93. The lowest BCUT2D eigenvalue weighted by Gasteiger charge is -2.34. The number of allylic oxidation sites excluding steroid dienone is 1. The van der Waals surface area contributed by atoms with Gasteiger partial charge in [-0.05, 0) is 43.2 Å². The Morgan fingerprint density at radius 2 is 2.20 bits per heavy atom. The number of rotatable bonds is 6. The molecule has 1 aromatic rings. The Morgan fingerprint density at radius 3 is 2.92 bits per heavy atom. The number of benzene rings is 1. The Bertz CT molecular complexity index is 710. The number of carbonyl (C=O) groups is 1. The van der Waals surface area contributed by atoms with Crippen LogP contribution in [0, 0.1) is 17.7 Å². The van der Waals surface area contributed by atoms with E-state index >= 15 is 0 Å². The molecule has 1 heterocycles. The van der Waals surface area contributed by atoms with Gasteiger partial charge in [0.2, 0.25) is 0 Å². The average molecular weight is 346 g/mol. The fourth-order valence-electron chi connectivity index (χ4n) is 3.93. The molecule has 5 heteroatoms. The van der Waals surface area contributed by atoms with Gasteiger partial charge in [0.25, 0.3) is 0 Å². The first-order chi connectivity index (χ1) is 12.1. The summed E-state index contributed by atoms with van der Waals surface area (Å²) in [6, 6.07) is 4.91. The second-order valence-corrected chi connectivity index (χ2v) is 7.35. The van der Waals surface area contributed by atoms with Crippen LogP contribution < -0.4 is 4.74 Å².